The van der Waals surface area contributed by atoms with Gasteiger partial charge in [0.25, 0.3) is 5.91 Å². The van der Waals surface area contributed by atoms with Gasteiger partial charge in [0.15, 0.2) is 6.61 Å². The van der Waals surface area contributed by atoms with E-state index < -0.39 is 6.04 Å². The van der Waals surface area contributed by atoms with Gasteiger partial charge in [0.1, 0.15) is 11.8 Å². The Kier molecular flexibility index (Phi) is 9.18. The fourth-order valence-corrected chi connectivity index (χ4v) is 3.64. The van der Waals surface area contributed by atoms with Crippen LogP contribution in [0.3, 0.4) is 0 Å². The fraction of sp³-hybridized carbons (Fsp3) is 0.391. The van der Waals surface area contributed by atoms with Gasteiger partial charge in [-0.2, -0.15) is 0 Å². The third-order valence-corrected chi connectivity index (χ3v) is 5.64. The smallest absolute Gasteiger partial charge is 0.261 e. The Labute approximate surface area is 191 Å². The van der Waals surface area contributed by atoms with Crippen LogP contribution in [0.5, 0.6) is 5.75 Å². The van der Waals surface area contributed by atoms with Crippen LogP contribution in [0.15, 0.2) is 46.9 Å². The molecule has 2 aromatic rings. The highest BCUT2D eigenvalue weighted by atomic mass is 79.9. The van der Waals surface area contributed by atoms with E-state index >= 15 is 0 Å². The molecule has 0 saturated heterocycles. The molecule has 1 N–H and O–H groups in total. The molecule has 0 aliphatic rings. The van der Waals surface area contributed by atoms with Crippen LogP contribution < -0.4 is 10.1 Å². The van der Waals surface area contributed by atoms with Gasteiger partial charge in [-0.15, -0.1) is 0 Å². The highest BCUT2D eigenvalue weighted by Gasteiger charge is 2.27. The van der Waals surface area contributed by atoms with Crippen molar-refractivity contribution in [1.82, 2.24) is 10.2 Å². The van der Waals surface area contributed by atoms with Crippen molar-refractivity contribution in [2.75, 3.05) is 6.61 Å². The van der Waals surface area contributed by atoms with Gasteiger partial charge in [-0.1, -0.05) is 42.8 Å². The van der Waals surface area contributed by atoms with Crippen molar-refractivity contribution in [2.45, 2.75) is 52.7 Å². The lowest BCUT2D eigenvalue weighted by Crippen LogP contribution is -2.50. The van der Waals surface area contributed by atoms with Gasteiger partial charge >= 0.3 is 0 Å². The van der Waals surface area contributed by atoms with Crippen LogP contribution in [0.25, 0.3) is 0 Å². The summed E-state index contributed by atoms with van der Waals surface area (Å²) >= 11 is 9.77. The van der Waals surface area contributed by atoms with E-state index in [2.05, 4.69) is 28.2 Å². The van der Waals surface area contributed by atoms with Crippen molar-refractivity contribution in [3.05, 3.63) is 63.1 Å². The summed E-state index contributed by atoms with van der Waals surface area (Å²) in [4.78, 5) is 27.1. The van der Waals surface area contributed by atoms with Crippen molar-refractivity contribution in [1.29, 1.82) is 0 Å². The van der Waals surface area contributed by atoms with Gasteiger partial charge in [-0.05, 0) is 72.4 Å². The van der Waals surface area contributed by atoms with Gasteiger partial charge in [-0.25, -0.2) is 0 Å². The number of halogens is 2. The first-order valence-corrected chi connectivity index (χ1v) is 11.1. The molecule has 0 aliphatic carbocycles. The Morgan fingerprint density at radius 2 is 1.87 bits per heavy atom. The van der Waals surface area contributed by atoms with Gasteiger partial charge in [0.05, 0.1) is 4.47 Å². The highest BCUT2D eigenvalue weighted by Crippen LogP contribution is 2.26. The van der Waals surface area contributed by atoms with Gasteiger partial charge in [0, 0.05) is 17.6 Å². The molecule has 2 amide bonds. The van der Waals surface area contributed by atoms with Crippen LogP contribution in [0.2, 0.25) is 5.02 Å². The molecule has 7 heteroatoms. The van der Waals surface area contributed by atoms with Gasteiger partial charge < -0.3 is 15.0 Å². The van der Waals surface area contributed by atoms with E-state index in [9.17, 15) is 9.59 Å². The summed E-state index contributed by atoms with van der Waals surface area (Å²) in [6.45, 7) is 7.57. The molecule has 0 aromatic heterocycles. The summed E-state index contributed by atoms with van der Waals surface area (Å²) in [5, 5.41) is 3.41. The van der Waals surface area contributed by atoms with Crippen LogP contribution in [0, 0.1) is 0 Å². The number of hydrogen-bond acceptors (Lipinski definition) is 3. The van der Waals surface area contributed by atoms with Crippen LogP contribution in [-0.4, -0.2) is 35.4 Å². The zero-order valence-electron chi connectivity index (χ0n) is 17.7. The number of carbonyl (C=O) groups is 2. The lowest BCUT2D eigenvalue weighted by Gasteiger charge is -2.29. The van der Waals surface area contributed by atoms with Crippen molar-refractivity contribution in [2.24, 2.45) is 0 Å². The van der Waals surface area contributed by atoms with Crippen molar-refractivity contribution in [3.8, 4) is 5.75 Å². The third-order valence-electron chi connectivity index (χ3n) is 4.65. The number of nitrogens with zero attached hydrogens (tertiary/aromatic N) is 1. The van der Waals surface area contributed by atoms with Gasteiger partial charge in [-0.3, -0.25) is 9.59 Å². The fourth-order valence-electron chi connectivity index (χ4n) is 2.90. The number of carbonyl (C=O) groups excluding carboxylic acids is 2. The first-order chi connectivity index (χ1) is 14.2. The predicted octanol–water partition coefficient (Wildman–Crippen LogP) is 4.99. The molecule has 0 spiro atoms. The van der Waals surface area contributed by atoms with E-state index in [1.165, 1.54) is 10.5 Å². The van der Waals surface area contributed by atoms with Crippen molar-refractivity contribution in [3.63, 3.8) is 0 Å². The lowest BCUT2D eigenvalue weighted by molar-refractivity contribution is -0.142. The Morgan fingerprint density at radius 3 is 2.47 bits per heavy atom. The summed E-state index contributed by atoms with van der Waals surface area (Å²) in [7, 11) is 0. The van der Waals surface area contributed by atoms with Crippen LogP contribution >= 0.6 is 27.5 Å². The summed E-state index contributed by atoms with van der Waals surface area (Å²) in [6.07, 6.45) is 0.909. The molecule has 30 heavy (non-hydrogen) atoms. The molecule has 1 unspecified atom stereocenters. The number of benzene rings is 2. The second-order valence-electron chi connectivity index (χ2n) is 7.36. The third kappa shape index (κ3) is 6.74. The van der Waals surface area contributed by atoms with E-state index in [1.807, 2.05) is 50.2 Å². The monoisotopic (exact) mass is 494 g/mol. The number of aryl methyl sites for hydroxylation is 1. The topological polar surface area (TPSA) is 58.6 Å². The van der Waals surface area contributed by atoms with Crippen LogP contribution in [-0.2, 0) is 22.6 Å². The summed E-state index contributed by atoms with van der Waals surface area (Å²) in [5.41, 5.74) is 1.94. The maximum absolute atomic E-state index is 13.1. The first-order valence-electron chi connectivity index (χ1n) is 9.97. The molecule has 2 aromatic carbocycles. The molecule has 0 radical (unpaired) electrons. The van der Waals surface area contributed by atoms with Crippen LogP contribution in [0.4, 0.5) is 0 Å². The van der Waals surface area contributed by atoms with Gasteiger partial charge in [0.2, 0.25) is 5.91 Å². The second kappa shape index (κ2) is 11.4. The molecular weight excluding hydrogens is 468 g/mol. The van der Waals surface area contributed by atoms with E-state index in [1.54, 1.807) is 13.0 Å². The first kappa shape index (κ1) is 24.2. The average molecular weight is 496 g/mol. The van der Waals surface area contributed by atoms with Crippen molar-refractivity contribution >= 4 is 39.3 Å². The quantitative estimate of drug-likeness (QED) is 0.533. The molecule has 0 saturated carbocycles. The lowest BCUT2D eigenvalue weighted by atomic mass is 10.1. The molecule has 0 heterocycles. The Bertz CT molecular complexity index is 889. The number of amides is 2. The molecule has 0 aliphatic heterocycles. The summed E-state index contributed by atoms with van der Waals surface area (Å²) < 4.78 is 6.54. The van der Waals surface area contributed by atoms with Crippen LogP contribution in [0.1, 0.15) is 38.8 Å². The molecule has 0 bridgehead atoms. The van der Waals surface area contributed by atoms with E-state index in [0.29, 0.717) is 10.8 Å². The predicted molar refractivity (Wildman–Crippen MR) is 124 cm³/mol. The van der Waals surface area contributed by atoms with Crippen molar-refractivity contribution < 1.29 is 14.3 Å². The normalized spacial score (nSPS) is 11.8. The minimum Gasteiger partial charge on any atom is -0.483 e. The maximum Gasteiger partial charge on any atom is 0.261 e. The second-order valence-corrected chi connectivity index (χ2v) is 8.62. The molecule has 2 rings (SSSR count). The Balaban J connectivity index is 2.18. The zero-order valence-corrected chi connectivity index (χ0v) is 20.1. The molecule has 1 atom stereocenters. The maximum atomic E-state index is 13.1. The summed E-state index contributed by atoms with van der Waals surface area (Å²) in [5.74, 6) is 0.0594. The minimum atomic E-state index is -0.675. The SMILES string of the molecule is CCc1ccc(OCC(=O)N(Cc2ccccc2Cl)C(C)C(=O)NC(C)C)c(Br)c1. The number of ether oxygens (including phenoxy) is 1. The summed E-state index contributed by atoms with van der Waals surface area (Å²) in [6, 6.07) is 12.4. The Hall–Kier alpha value is -2.05. The molecule has 162 valence electrons. The largest absolute Gasteiger partial charge is 0.483 e. The average Bonchev–Trinajstić information content (AvgIpc) is 2.71. The van der Waals surface area contributed by atoms with E-state index in [-0.39, 0.29) is 31.0 Å². The standard InChI is InChI=1S/C23H28BrClN2O3/c1-5-17-10-11-21(19(24)12-17)30-14-22(28)27(16(4)23(29)26-15(2)3)13-18-8-6-7-9-20(18)25/h6-12,15-16H,5,13-14H2,1-4H3,(H,26,29). The highest BCUT2D eigenvalue weighted by molar-refractivity contribution is 9.10. The molecule has 5 nitrogen and oxygen atoms in total. The minimum absolute atomic E-state index is 0.0264. The van der Waals surface area contributed by atoms with E-state index in [4.69, 9.17) is 16.3 Å². The van der Waals surface area contributed by atoms with E-state index in [0.717, 1.165) is 16.5 Å². The number of hydrogen-bond donors (Lipinski definition) is 1. The molecule has 0 fully saturated rings. The molecular formula is C23H28BrClN2O3. The number of rotatable bonds is 9. The number of nitrogens with one attached hydrogen (secondary N) is 1. The zero-order chi connectivity index (χ0) is 22.3. The Morgan fingerprint density at radius 1 is 1.17 bits per heavy atom.